The van der Waals surface area contributed by atoms with Crippen LogP contribution in [-0.4, -0.2) is 28.6 Å². The van der Waals surface area contributed by atoms with Crippen LogP contribution in [0.25, 0.3) is 4.96 Å². The van der Waals surface area contributed by atoms with Crippen LogP contribution in [-0.2, 0) is 11.3 Å². The summed E-state index contributed by atoms with van der Waals surface area (Å²) >= 11 is 1.69. The first-order valence-corrected chi connectivity index (χ1v) is 7.36. The van der Waals surface area contributed by atoms with Crippen molar-refractivity contribution in [3.8, 4) is 0 Å². The Balaban J connectivity index is 1.68. The molecule has 0 amide bonds. The van der Waals surface area contributed by atoms with Crippen LogP contribution in [0.1, 0.15) is 24.7 Å². The van der Waals surface area contributed by atoms with Crippen LogP contribution in [0.4, 0.5) is 0 Å². The highest BCUT2D eigenvalue weighted by atomic mass is 32.1. The van der Waals surface area contributed by atoms with E-state index in [0.29, 0.717) is 12.0 Å². The Morgan fingerprint density at radius 2 is 2.56 bits per heavy atom. The van der Waals surface area contributed by atoms with Gasteiger partial charge in [0.25, 0.3) is 0 Å². The van der Waals surface area contributed by atoms with Crippen molar-refractivity contribution in [3.05, 3.63) is 23.0 Å². The molecule has 1 N–H and O–H groups in total. The maximum Gasteiger partial charge on any atom is 0.194 e. The van der Waals surface area contributed by atoms with Gasteiger partial charge in [0.2, 0.25) is 0 Å². The fourth-order valence-corrected chi connectivity index (χ4v) is 3.30. The maximum absolute atomic E-state index is 5.44. The quantitative estimate of drug-likeness (QED) is 0.921. The van der Waals surface area contributed by atoms with Crippen LogP contribution in [0.3, 0.4) is 0 Å². The number of ether oxygens (including phenoxy) is 1. The molecule has 2 unspecified atom stereocenters. The lowest BCUT2D eigenvalue weighted by molar-refractivity contribution is 0.178. The first-order chi connectivity index (χ1) is 8.75. The molecule has 0 aliphatic carbocycles. The van der Waals surface area contributed by atoms with Gasteiger partial charge in [-0.15, -0.1) is 11.3 Å². The molecule has 2 aromatic rings. The lowest BCUT2D eigenvalue weighted by Gasteiger charge is -2.19. The highest BCUT2D eigenvalue weighted by Gasteiger charge is 2.22. The van der Waals surface area contributed by atoms with Crippen molar-refractivity contribution in [2.24, 2.45) is 5.92 Å². The highest BCUT2D eigenvalue weighted by molar-refractivity contribution is 7.15. The molecule has 0 radical (unpaired) electrons. The van der Waals surface area contributed by atoms with Crippen LogP contribution in [0.5, 0.6) is 0 Å². The molecular formula is C13H19N3OS. The van der Waals surface area contributed by atoms with Crippen molar-refractivity contribution in [3.63, 3.8) is 0 Å². The van der Waals surface area contributed by atoms with Gasteiger partial charge in [0, 0.05) is 30.8 Å². The maximum atomic E-state index is 5.44. The van der Waals surface area contributed by atoms with Crippen molar-refractivity contribution in [1.82, 2.24) is 14.7 Å². The molecule has 2 atom stereocenters. The van der Waals surface area contributed by atoms with Gasteiger partial charge in [0.15, 0.2) is 4.96 Å². The van der Waals surface area contributed by atoms with E-state index in [1.165, 1.54) is 12.1 Å². The predicted molar refractivity (Wildman–Crippen MR) is 73.0 cm³/mol. The third-order valence-electron chi connectivity index (χ3n) is 3.82. The van der Waals surface area contributed by atoms with E-state index in [0.717, 1.165) is 30.4 Å². The molecule has 1 aliphatic rings. The zero-order valence-electron chi connectivity index (χ0n) is 10.8. The van der Waals surface area contributed by atoms with Crippen molar-refractivity contribution in [1.29, 1.82) is 0 Å². The van der Waals surface area contributed by atoms with Crippen LogP contribution in [0.15, 0.2) is 11.6 Å². The molecule has 0 aromatic carbocycles. The van der Waals surface area contributed by atoms with E-state index >= 15 is 0 Å². The second-order valence-corrected chi connectivity index (χ2v) is 5.87. The van der Waals surface area contributed by atoms with E-state index in [9.17, 15) is 0 Å². The second kappa shape index (κ2) is 4.99. The van der Waals surface area contributed by atoms with Gasteiger partial charge < -0.3 is 10.1 Å². The molecule has 18 heavy (non-hydrogen) atoms. The topological polar surface area (TPSA) is 38.6 Å². The average Bonchev–Trinajstić information content (AvgIpc) is 3.02. The molecule has 1 saturated heterocycles. The third kappa shape index (κ3) is 2.18. The third-order valence-corrected chi connectivity index (χ3v) is 4.58. The van der Waals surface area contributed by atoms with Gasteiger partial charge >= 0.3 is 0 Å². The summed E-state index contributed by atoms with van der Waals surface area (Å²) in [5.74, 6) is 0.649. The Bertz CT molecular complexity index is 527. The molecular weight excluding hydrogens is 246 g/mol. The van der Waals surface area contributed by atoms with E-state index in [-0.39, 0.29) is 0 Å². The molecule has 4 nitrogen and oxygen atoms in total. The lowest BCUT2D eigenvalue weighted by Crippen LogP contribution is -2.33. The average molecular weight is 265 g/mol. The van der Waals surface area contributed by atoms with Gasteiger partial charge in [0.05, 0.1) is 18.0 Å². The van der Waals surface area contributed by atoms with E-state index in [1.807, 2.05) is 0 Å². The summed E-state index contributed by atoms with van der Waals surface area (Å²) in [6.45, 7) is 7.02. The normalized spacial score (nSPS) is 21.8. The molecule has 98 valence electrons. The Morgan fingerprint density at radius 1 is 1.67 bits per heavy atom. The van der Waals surface area contributed by atoms with Crippen molar-refractivity contribution in [2.45, 2.75) is 32.9 Å². The minimum Gasteiger partial charge on any atom is -0.381 e. The van der Waals surface area contributed by atoms with Gasteiger partial charge in [0.1, 0.15) is 0 Å². The van der Waals surface area contributed by atoms with E-state index in [2.05, 4.69) is 40.1 Å². The number of imidazole rings is 1. The van der Waals surface area contributed by atoms with Crippen LogP contribution >= 0.6 is 11.3 Å². The first kappa shape index (κ1) is 12.1. The highest BCUT2D eigenvalue weighted by Crippen LogP contribution is 2.19. The van der Waals surface area contributed by atoms with Gasteiger partial charge in [-0.1, -0.05) is 0 Å². The van der Waals surface area contributed by atoms with Gasteiger partial charge in [-0.3, -0.25) is 4.40 Å². The number of thiazole rings is 1. The predicted octanol–water partition coefficient (Wildman–Crippen LogP) is 2.22. The molecule has 0 bridgehead atoms. The minimum atomic E-state index is 0.496. The number of nitrogens with one attached hydrogen (secondary N) is 1. The Hall–Kier alpha value is -0.910. The summed E-state index contributed by atoms with van der Waals surface area (Å²) in [5, 5.41) is 5.70. The van der Waals surface area contributed by atoms with Gasteiger partial charge in [-0.2, -0.15) is 0 Å². The van der Waals surface area contributed by atoms with Crippen molar-refractivity contribution in [2.75, 3.05) is 13.2 Å². The molecule has 3 heterocycles. The zero-order chi connectivity index (χ0) is 12.5. The Morgan fingerprint density at radius 3 is 3.33 bits per heavy atom. The monoisotopic (exact) mass is 265 g/mol. The number of hydrogen-bond donors (Lipinski definition) is 1. The Kier molecular flexibility index (Phi) is 3.37. The largest absolute Gasteiger partial charge is 0.381 e. The summed E-state index contributed by atoms with van der Waals surface area (Å²) in [5.41, 5.74) is 2.40. The minimum absolute atomic E-state index is 0.496. The number of nitrogens with zero attached hydrogens (tertiary/aromatic N) is 2. The van der Waals surface area contributed by atoms with Crippen LogP contribution < -0.4 is 5.32 Å². The SMILES string of the molecule is Cc1nc2sccn2c1CNC(C)C1CCOC1. The zero-order valence-corrected chi connectivity index (χ0v) is 11.7. The summed E-state index contributed by atoms with van der Waals surface area (Å²) in [7, 11) is 0. The summed E-state index contributed by atoms with van der Waals surface area (Å²) in [6, 6.07) is 0.496. The standard InChI is InChI=1S/C13H19N3OS/c1-9(11-3-5-17-8-11)14-7-12-10(2)15-13-16(12)4-6-18-13/h4,6,9,11,14H,3,5,7-8H2,1-2H3. The van der Waals surface area contributed by atoms with E-state index in [4.69, 9.17) is 4.74 Å². The number of rotatable bonds is 4. The van der Waals surface area contributed by atoms with E-state index in [1.54, 1.807) is 11.3 Å². The Labute approximate surface area is 111 Å². The number of hydrogen-bond acceptors (Lipinski definition) is 4. The fraction of sp³-hybridized carbons (Fsp3) is 0.615. The number of fused-ring (bicyclic) bond motifs is 1. The summed E-state index contributed by atoms with van der Waals surface area (Å²) in [6.07, 6.45) is 3.27. The molecule has 5 heteroatoms. The van der Waals surface area contributed by atoms with Crippen LogP contribution in [0.2, 0.25) is 0 Å². The molecule has 1 aliphatic heterocycles. The fourth-order valence-electron chi connectivity index (χ4n) is 2.53. The molecule has 0 spiro atoms. The number of aryl methyl sites for hydroxylation is 1. The van der Waals surface area contributed by atoms with Crippen molar-refractivity contribution < 1.29 is 4.74 Å². The molecule has 1 fully saturated rings. The first-order valence-electron chi connectivity index (χ1n) is 6.48. The summed E-state index contributed by atoms with van der Waals surface area (Å²) in [4.78, 5) is 5.65. The molecule has 0 saturated carbocycles. The number of aromatic nitrogens is 2. The lowest BCUT2D eigenvalue weighted by atomic mass is 10.0. The van der Waals surface area contributed by atoms with Crippen LogP contribution in [0, 0.1) is 12.8 Å². The molecule has 3 rings (SSSR count). The van der Waals surface area contributed by atoms with Gasteiger partial charge in [-0.25, -0.2) is 4.98 Å². The van der Waals surface area contributed by atoms with Crippen molar-refractivity contribution >= 4 is 16.3 Å². The molecule has 2 aromatic heterocycles. The van der Waals surface area contributed by atoms with E-state index < -0.39 is 0 Å². The second-order valence-electron chi connectivity index (χ2n) is 4.99. The smallest absolute Gasteiger partial charge is 0.194 e. The van der Waals surface area contributed by atoms with Gasteiger partial charge in [-0.05, 0) is 26.2 Å². The summed E-state index contributed by atoms with van der Waals surface area (Å²) < 4.78 is 7.63.